The lowest BCUT2D eigenvalue weighted by Crippen LogP contribution is -2.45. The Morgan fingerprint density at radius 3 is 2.40 bits per heavy atom. The number of likely N-dealkylation sites (tertiary alicyclic amines) is 1. The molecule has 3 nitrogen and oxygen atoms in total. The van der Waals surface area contributed by atoms with E-state index in [9.17, 15) is 13.2 Å². The molecule has 2 aromatic carbocycles. The first-order valence-electron chi connectivity index (χ1n) is 10.7. The van der Waals surface area contributed by atoms with Gasteiger partial charge in [-0.25, -0.2) is 0 Å². The molecule has 1 fully saturated rings. The molecule has 30 heavy (non-hydrogen) atoms. The van der Waals surface area contributed by atoms with Crippen molar-refractivity contribution in [1.82, 2.24) is 4.90 Å². The second-order valence-electron chi connectivity index (χ2n) is 7.63. The van der Waals surface area contributed by atoms with Crippen LogP contribution in [0, 0.1) is 0 Å². The van der Waals surface area contributed by atoms with Gasteiger partial charge in [0, 0.05) is 12.1 Å². The summed E-state index contributed by atoms with van der Waals surface area (Å²) in [7, 11) is 0. The fourth-order valence-electron chi connectivity index (χ4n) is 4.23. The molecule has 164 valence electrons. The summed E-state index contributed by atoms with van der Waals surface area (Å²) in [6, 6.07) is 13.4. The van der Waals surface area contributed by atoms with Crippen molar-refractivity contribution in [2.24, 2.45) is 0 Å². The van der Waals surface area contributed by atoms with Crippen LogP contribution >= 0.6 is 0 Å². The van der Waals surface area contributed by atoms with E-state index in [0.29, 0.717) is 30.3 Å². The number of piperidine rings is 1. The van der Waals surface area contributed by atoms with Gasteiger partial charge in [-0.3, -0.25) is 4.90 Å². The molecule has 0 spiro atoms. The van der Waals surface area contributed by atoms with Crippen LogP contribution in [0.1, 0.15) is 56.7 Å². The molecule has 0 saturated carbocycles. The summed E-state index contributed by atoms with van der Waals surface area (Å²) in [5.41, 5.74) is 0.128. The average molecular weight is 422 g/mol. The van der Waals surface area contributed by atoms with E-state index in [2.05, 4.69) is 4.90 Å². The van der Waals surface area contributed by atoms with Crippen LogP contribution in [0.15, 0.2) is 48.5 Å². The highest BCUT2D eigenvalue weighted by Gasteiger charge is 2.33. The number of nitrogens with zero attached hydrogens (tertiary/aromatic N) is 1. The normalized spacial score (nSPS) is 18.8. The number of benzene rings is 2. The Kier molecular flexibility index (Phi) is 7.64. The summed E-state index contributed by atoms with van der Waals surface area (Å²) in [6.07, 6.45) is -0.487. The minimum absolute atomic E-state index is 0.0664. The molecule has 0 aliphatic carbocycles. The number of hydrogen-bond acceptors (Lipinski definition) is 3. The Morgan fingerprint density at radius 1 is 1.00 bits per heavy atom. The molecular formula is C24H30F3NO2. The van der Waals surface area contributed by atoms with E-state index < -0.39 is 11.7 Å². The van der Waals surface area contributed by atoms with Crippen molar-refractivity contribution < 1.29 is 22.6 Å². The van der Waals surface area contributed by atoms with Gasteiger partial charge in [0.05, 0.1) is 12.2 Å². The van der Waals surface area contributed by atoms with E-state index in [4.69, 9.17) is 9.47 Å². The Morgan fingerprint density at radius 2 is 1.73 bits per heavy atom. The van der Waals surface area contributed by atoms with Crippen LogP contribution in [-0.4, -0.2) is 30.7 Å². The maximum absolute atomic E-state index is 13.2. The van der Waals surface area contributed by atoms with E-state index in [-0.39, 0.29) is 12.1 Å². The third-order valence-electron chi connectivity index (χ3n) is 5.64. The molecule has 0 amide bonds. The van der Waals surface area contributed by atoms with Crippen LogP contribution in [0.5, 0.6) is 11.5 Å². The first-order valence-corrected chi connectivity index (χ1v) is 10.7. The van der Waals surface area contributed by atoms with Gasteiger partial charge in [0.25, 0.3) is 0 Å². The zero-order valence-electron chi connectivity index (χ0n) is 17.6. The topological polar surface area (TPSA) is 21.7 Å². The third kappa shape index (κ3) is 5.48. The molecule has 1 heterocycles. The number of rotatable bonds is 8. The minimum atomic E-state index is -4.33. The summed E-state index contributed by atoms with van der Waals surface area (Å²) in [5.74, 6) is 1.42. The number of alkyl halides is 3. The lowest BCUT2D eigenvalue weighted by Gasteiger charge is -2.41. The van der Waals surface area contributed by atoms with Crippen LogP contribution in [0.4, 0.5) is 13.2 Å². The first kappa shape index (κ1) is 22.5. The molecule has 3 rings (SSSR count). The van der Waals surface area contributed by atoms with Gasteiger partial charge in [-0.2, -0.15) is 13.2 Å². The monoisotopic (exact) mass is 421 g/mol. The molecule has 1 saturated heterocycles. The SMILES string of the molecule is CCOc1ccccc1OCC1CCCCN1C(CC)c1cccc(C(F)(F)F)c1. The molecule has 2 atom stereocenters. The van der Waals surface area contributed by atoms with Crippen LogP contribution < -0.4 is 9.47 Å². The predicted molar refractivity (Wildman–Crippen MR) is 112 cm³/mol. The fraction of sp³-hybridized carbons (Fsp3) is 0.500. The molecule has 1 aliphatic heterocycles. The van der Waals surface area contributed by atoms with Crippen molar-refractivity contribution in [3.05, 3.63) is 59.7 Å². The Balaban J connectivity index is 1.77. The lowest BCUT2D eigenvalue weighted by atomic mass is 9.94. The van der Waals surface area contributed by atoms with Crippen molar-refractivity contribution in [3.63, 3.8) is 0 Å². The van der Waals surface area contributed by atoms with Gasteiger partial charge in [-0.15, -0.1) is 0 Å². The van der Waals surface area contributed by atoms with Crippen molar-refractivity contribution in [1.29, 1.82) is 0 Å². The summed E-state index contributed by atoms with van der Waals surface area (Å²) in [5, 5.41) is 0. The van der Waals surface area contributed by atoms with Crippen LogP contribution in [0.2, 0.25) is 0 Å². The summed E-state index contributed by atoms with van der Waals surface area (Å²) < 4.78 is 51.4. The van der Waals surface area contributed by atoms with Gasteiger partial charge in [0.1, 0.15) is 6.61 Å². The second-order valence-corrected chi connectivity index (χ2v) is 7.63. The average Bonchev–Trinajstić information content (AvgIpc) is 2.74. The maximum atomic E-state index is 13.2. The van der Waals surface area contributed by atoms with Gasteiger partial charge in [0.2, 0.25) is 0 Å². The molecule has 0 bridgehead atoms. The van der Waals surface area contributed by atoms with Gasteiger partial charge in [0.15, 0.2) is 11.5 Å². The van der Waals surface area contributed by atoms with Gasteiger partial charge >= 0.3 is 6.18 Å². The maximum Gasteiger partial charge on any atom is 0.416 e. The number of halogens is 3. The highest BCUT2D eigenvalue weighted by atomic mass is 19.4. The van der Waals surface area contributed by atoms with Gasteiger partial charge in [-0.05, 0) is 62.6 Å². The minimum Gasteiger partial charge on any atom is -0.490 e. The number of ether oxygens (including phenoxy) is 2. The number of hydrogen-bond donors (Lipinski definition) is 0. The molecule has 6 heteroatoms. The van der Waals surface area contributed by atoms with Crippen molar-refractivity contribution in [2.75, 3.05) is 19.8 Å². The molecule has 1 aliphatic rings. The highest BCUT2D eigenvalue weighted by Crippen LogP contribution is 2.36. The molecular weight excluding hydrogens is 391 g/mol. The molecule has 0 radical (unpaired) electrons. The smallest absolute Gasteiger partial charge is 0.416 e. The lowest BCUT2D eigenvalue weighted by molar-refractivity contribution is -0.137. The van der Waals surface area contributed by atoms with Crippen molar-refractivity contribution in [3.8, 4) is 11.5 Å². The van der Waals surface area contributed by atoms with E-state index in [1.165, 1.54) is 12.1 Å². The Labute approximate surface area is 176 Å². The largest absolute Gasteiger partial charge is 0.490 e. The van der Waals surface area contributed by atoms with E-state index in [1.807, 2.05) is 38.1 Å². The van der Waals surface area contributed by atoms with Crippen LogP contribution in [0.3, 0.4) is 0 Å². The van der Waals surface area contributed by atoms with E-state index in [0.717, 1.165) is 38.3 Å². The third-order valence-corrected chi connectivity index (χ3v) is 5.64. The summed E-state index contributed by atoms with van der Waals surface area (Å²) >= 11 is 0. The highest BCUT2D eigenvalue weighted by molar-refractivity contribution is 5.39. The van der Waals surface area contributed by atoms with Crippen molar-refractivity contribution >= 4 is 0 Å². The fourth-order valence-corrected chi connectivity index (χ4v) is 4.23. The van der Waals surface area contributed by atoms with Gasteiger partial charge in [-0.1, -0.05) is 37.6 Å². The first-order chi connectivity index (χ1) is 14.4. The summed E-state index contributed by atoms with van der Waals surface area (Å²) in [6.45, 7) is 5.86. The van der Waals surface area contributed by atoms with Crippen LogP contribution in [0.25, 0.3) is 0 Å². The standard InChI is InChI=1S/C24H30F3NO2/c1-3-21(18-10-9-11-19(16-18)24(25,26)27)28-15-8-7-12-20(28)17-30-23-14-6-5-13-22(23)29-4-2/h5-6,9-11,13-14,16,20-21H,3-4,7-8,12,15,17H2,1-2H3. The van der Waals surface area contributed by atoms with E-state index in [1.54, 1.807) is 6.07 Å². The second kappa shape index (κ2) is 10.2. The molecule has 0 N–H and O–H groups in total. The number of para-hydroxylation sites is 2. The Bertz CT molecular complexity index is 809. The molecule has 0 aromatic heterocycles. The predicted octanol–water partition coefficient (Wildman–Crippen LogP) is 6.49. The zero-order chi connectivity index (χ0) is 21.6. The van der Waals surface area contributed by atoms with Crippen LogP contribution in [-0.2, 0) is 6.18 Å². The van der Waals surface area contributed by atoms with Crippen molar-refractivity contribution in [2.45, 2.75) is 57.8 Å². The van der Waals surface area contributed by atoms with Gasteiger partial charge < -0.3 is 9.47 Å². The quantitative estimate of drug-likeness (QED) is 0.486. The molecule has 2 unspecified atom stereocenters. The zero-order valence-corrected chi connectivity index (χ0v) is 17.6. The summed E-state index contributed by atoms with van der Waals surface area (Å²) in [4.78, 5) is 2.32. The molecule has 2 aromatic rings. The Hall–Kier alpha value is -2.21. The van der Waals surface area contributed by atoms with E-state index >= 15 is 0 Å².